The molecule has 1 aromatic rings. The maximum atomic E-state index is 12.6. The molecule has 0 aliphatic heterocycles. The number of benzene rings is 1. The number of carbonyl (C=O) groups is 3. The molecule has 0 unspecified atom stereocenters. The maximum Gasteiger partial charge on any atom is 0.408 e. The molecule has 0 aromatic heterocycles. The number of esters is 1. The van der Waals surface area contributed by atoms with Gasteiger partial charge in [0.25, 0.3) is 0 Å². The molecule has 0 spiro atoms. The van der Waals surface area contributed by atoms with Gasteiger partial charge in [-0.15, -0.1) is 0 Å². The van der Waals surface area contributed by atoms with Crippen LogP contribution in [0, 0.1) is 0 Å². The zero-order valence-electron chi connectivity index (χ0n) is 25.6. The van der Waals surface area contributed by atoms with Crippen LogP contribution in [-0.2, 0) is 44.6 Å². The Bertz CT molecular complexity index is 953. The lowest BCUT2D eigenvalue weighted by Crippen LogP contribution is -2.48. The molecular formula is C29H47N5O9. The Balaban J connectivity index is 2.01. The van der Waals surface area contributed by atoms with Crippen LogP contribution in [0.5, 0.6) is 0 Å². The van der Waals surface area contributed by atoms with Gasteiger partial charge in [0.2, 0.25) is 5.91 Å². The van der Waals surface area contributed by atoms with Crippen molar-refractivity contribution in [3.63, 3.8) is 0 Å². The summed E-state index contributed by atoms with van der Waals surface area (Å²) < 4.78 is 32.2. The van der Waals surface area contributed by atoms with Crippen molar-refractivity contribution < 1.29 is 42.8 Å². The van der Waals surface area contributed by atoms with E-state index >= 15 is 0 Å². The standard InChI is InChI=1S/C29H47N5O9/c1-29(2,3)43-28(37)33-25(11-7-8-13-32-34-30)27(36)31-14-16-39-18-20-41-22-21-40-19-17-38-15-12-26(35)42-23-24-9-5-4-6-10-24/h4-6,9-10,25H,7-8,11-23H2,1-3H3,(H,31,36)(H,33,37)/t25-/m0/s1. The van der Waals surface area contributed by atoms with E-state index < -0.39 is 17.7 Å². The molecule has 0 bridgehead atoms. The van der Waals surface area contributed by atoms with Crippen molar-refractivity contribution in [1.82, 2.24) is 10.6 Å². The van der Waals surface area contributed by atoms with Crippen molar-refractivity contribution in [3.8, 4) is 0 Å². The normalized spacial score (nSPS) is 11.7. The van der Waals surface area contributed by atoms with E-state index in [-0.39, 0.29) is 44.7 Å². The van der Waals surface area contributed by atoms with E-state index in [0.29, 0.717) is 65.4 Å². The Morgan fingerprint density at radius 3 is 2.09 bits per heavy atom. The molecule has 0 heterocycles. The summed E-state index contributed by atoms with van der Waals surface area (Å²) in [4.78, 5) is 39.2. The summed E-state index contributed by atoms with van der Waals surface area (Å²) in [7, 11) is 0. The number of ether oxygens (including phenoxy) is 6. The highest BCUT2D eigenvalue weighted by atomic mass is 16.6. The number of nitrogens with zero attached hydrogens (tertiary/aromatic N) is 3. The second-order valence-corrected chi connectivity index (χ2v) is 10.3. The van der Waals surface area contributed by atoms with E-state index in [1.165, 1.54) is 0 Å². The molecule has 1 rings (SSSR count). The SMILES string of the molecule is CC(C)(C)OC(=O)N[C@@H](CCCCN=[N+]=[N-])C(=O)NCCOCCOCCOCCOCCC(=O)OCc1ccccc1. The third kappa shape index (κ3) is 22.8. The Morgan fingerprint density at radius 1 is 0.884 bits per heavy atom. The number of alkyl carbamates (subject to hydrolysis) is 1. The Labute approximate surface area is 253 Å². The third-order valence-corrected chi connectivity index (χ3v) is 5.43. The fraction of sp³-hybridized carbons (Fsp3) is 0.690. The highest BCUT2D eigenvalue weighted by Crippen LogP contribution is 2.09. The molecule has 0 saturated carbocycles. The van der Waals surface area contributed by atoms with Crippen molar-refractivity contribution in [3.05, 3.63) is 46.3 Å². The van der Waals surface area contributed by atoms with Crippen LogP contribution < -0.4 is 10.6 Å². The van der Waals surface area contributed by atoms with E-state index in [9.17, 15) is 14.4 Å². The Kier molecular flexibility index (Phi) is 21.0. The number of unbranched alkanes of at least 4 members (excludes halogenated alkanes) is 1. The molecule has 0 aliphatic carbocycles. The lowest BCUT2D eigenvalue weighted by atomic mass is 10.1. The van der Waals surface area contributed by atoms with E-state index in [4.69, 9.17) is 34.0 Å². The summed E-state index contributed by atoms with van der Waals surface area (Å²) in [5.41, 5.74) is 8.63. The fourth-order valence-electron chi connectivity index (χ4n) is 3.39. The fourth-order valence-corrected chi connectivity index (χ4v) is 3.39. The van der Waals surface area contributed by atoms with Gasteiger partial charge in [-0.2, -0.15) is 0 Å². The largest absolute Gasteiger partial charge is 0.461 e. The highest BCUT2D eigenvalue weighted by molar-refractivity contribution is 5.85. The van der Waals surface area contributed by atoms with E-state index in [1.807, 2.05) is 30.3 Å². The summed E-state index contributed by atoms with van der Waals surface area (Å²) in [6.07, 6.45) is 1.06. The number of hydrogen-bond acceptors (Lipinski definition) is 10. The number of rotatable bonds is 24. The van der Waals surface area contributed by atoms with Crippen LogP contribution in [0.4, 0.5) is 4.79 Å². The minimum atomic E-state index is -0.781. The molecule has 0 aliphatic rings. The monoisotopic (exact) mass is 609 g/mol. The molecule has 14 heteroatoms. The Hall–Kier alpha value is -3.42. The smallest absolute Gasteiger partial charge is 0.408 e. The molecule has 0 fully saturated rings. The van der Waals surface area contributed by atoms with Gasteiger partial charge >= 0.3 is 12.1 Å². The molecule has 14 nitrogen and oxygen atoms in total. The maximum absolute atomic E-state index is 12.6. The van der Waals surface area contributed by atoms with Crippen molar-refractivity contribution in [1.29, 1.82) is 0 Å². The summed E-state index contributed by atoms with van der Waals surface area (Å²) in [5, 5.41) is 8.82. The number of nitrogens with one attached hydrogen (secondary N) is 2. The van der Waals surface area contributed by atoms with E-state index in [0.717, 1.165) is 5.56 Å². The predicted octanol–water partition coefficient (Wildman–Crippen LogP) is 3.68. The van der Waals surface area contributed by atoms with E-state index in [2.05, 4.69) is 20.7 Å². The lowest BCUT2D eigenvalue weighted by molar-refractivity contribution is -0.146. The second-order valence-electron chi connectivity index (χ2n) is 10.3. The molecule has 0 saturated heterocycles. The first-order chi connectivity index (χ1) is 20.7. The molecule has 1 aromatic carbocycles. The first-order valence-electron chi connectivity index (χ1n) is 14.5. The van der Waals surface area contributed by atoms with E-state index in [1.54, 1.807) is 20.8 Å². The van der Waals surface area contributed by atoms with Gasteiger partial charge in [-0.3, -0.25) is 9.59 Å². The predicted molar refractivity (Wildman–Crippen MR) is 158 cm³/mol. The van der Waals surface area contributed by atoms with Gasteiger partial charge in [-0.25, -0.2) is 4.79 Å². The molecule has 2 amide bonds. The van der Waals surface area contributed by atoms with Crippen molar-refractivity contribution >= 4 is 18.0 Å². The van der Waals surface area contributed by atoms with Gasteiger partial charge < -0.3 is 39.1 Å². The Morgan fingerprint density at radius 2 is 1.49 bits per heavy atom. The quantitative estimate of drug-likeness (QED) is 0.0581. The average molecular weight is 610 g/mol. The molecule has 0 radical (unpaired) electrons. The van der Waals surface area contributed by atoms with Gasteiger partial charge in [-0.05, 0) is 44.7 Å². The molecular weight excluding hydrogens is 562 g/mol. The molecule has 2 N–H and O–H groups in total. The van der Waals surface area contributed by atoms with Gasteiger partial charge in [0.15, 0.2) is 0 Å². The first kappa shape index (κ1) is 37.6. The van der Waals surface area contributed by atoms with Crippen LogP contribution in [0.25, 0.3) is 10.4 Å². The van der Waals surface area contributed by atoms with Crippen LogP contribution in [0.3, 0.4) is 0 Å². The summed E-state index contributed by atoms with van der Waals surface area (Å²) in [6.45, 7) is 8.86. The van der Waals surface area contributed by atoms with Crippen molar-refractivity contribution in [2.24, 2.45) is 5.11 Å². The number of amides is 2. The molecule has 1 atom stereocenters. The second kappa shape index (κ2) is 24.1. The number of carbonyl (C=O) groups excluding carboxylic acids is 3. The van der Waals surface area contributed by atoms with Gasteiger partial charge in [0, 0.05) is 18.0 Å². The summed E-state index contributed by atoms with van der Waals surface area (Å²) in [5.74, 6) is -0.656. The lowest BCUT2D eigenvalue weighted by Gasteiger charge is -2.23. The van der Waals surface area contributed by atoms with Gasteiger partial charge in [-0.1, -0.05) is 41.9 Å². The molecule has 43 heavy (non-hydrogen) atoms. The van der Waals surface area contributed by atoms with Crippen molar-refractivity contribution in [2.75, 3.05) is 65.9 Å². The van der Waals surface area contributed by atoms with Crippen LogP contribution in [-0.4, -0.2) is 95.6 Å². The van der Waals surface area contributed by atoms with Gasteiger partial charge in [0.1, 0.15) is 18.2 Å². The zero-order chi connectivity index (χ0) is 31.6. The van der Waals surface area contributed by atoms with Crippen LogP contribution in [0.1, 0.15) is 52.0 Å². The van der Waals surface area contributed by atoms with Crippen LogP contribution >= 0.6 is 0 Å². The van der Waals surface area contributed by atoms with Crippen molar-refractivity contribution in [2.45, 2.75) is 64.7 Å². The summed E-state index contributed by atoms with van der Waals surface area (Å²) >= 11 is 0. The topological polar surface area (TPSA) is 179 Å². The number of hydrogen-bond donors (Lipinski definition) is 2. The molecule has 242 valence electrons. The van der Waals surface area contributed by atoms with Crippen LogP contribution in [0.15, 0.2) is 35.4 Å². The minimum Gasteiger partial charge on any atom is -0.461 e. The number of azide groups is 1. The van der Waals surface area contributed by atoms with Gasteiger partial charge in [0.05, 0.1) is 59.3 Å². The minimum absolute atomic E-state index is 0.184. The zero-order valence-corrected chi connectivity index (χ0v) is 25.6. The average Bonchev–Trinajstić information content (AvgIpc) is 2.96. The van der Waals surface area contributed by atoms with Crippen LogP contribution in [0.2, 0.25) is 0 Å². The third-order valence-electron chi connectivity index (χ3n) is 5.43. The summed E-state index contributed by atoms with van der Waals surface area (Å²) in [6, 6.07) is 8.70. The highest BCUT2D eigenvalue weighted by Gasteiger charge is 2.23. The first-order valence-corrected chi connectivity index (χ1v) is 14.5.